The number of hydrogen-bond donors (Lipinski definition) is 3. The molecule has 214 valence electrons. The third kappa shape index (κ3) is 9.61. The Morgan fingerprint density at radius 1 is 0.949 bits per heavy atom. The molecule has 0 aliphatic heterocycles. The fraction of sp³-hybridized carbons (Fsp3) is 0.516. The first-order chi connectivity index (χ1) is 18.3. The first kappa shape index (κ1) is 31.7. The van der Waals surface area contributed by atoms with Gasteiger partial charge in [0.25, 0.3) is 0 Å². The highest BCUT2D eigenvalue weighted by Gasteiger charge is 2.43. The summed E-state index contributed by atoms with van der Waals surface area (Å²) in [5, 5.41) is 15.7. The highest BCUT2D eigenvalue weighted by atomic mass is 16.6. The number of carbonyl (C=O) groups excluding carboxylic acids is 3. The van der Waals surface area contributed by atoms with Gasteiger partial charge in [0, 0.05) is 18.5 Å². The molecule has 0 bridgehead atoms. The van der Waals surface area contributed by atoms with Crippen LogP contribution in [-0.4, -0.2) is 51.6 Å². The van der Waals surface area contributed by atoms with E-state index in [9.17, 15) is 19.5 Å². The van der Waals surface area contributed by atoms with Gasteiger partial charge in [0.2, 0.25) is 11.8 Å². The SMILES string of the molecule is CCCCNC(=O)C(c1ccc(O)cc1)N(C(=O)C(Cc1ccccc1)NC(=O)OC(C)(C)C)C(C)(C)CC. The Morgan fingerprint density at radius 3 is 2.10 bits per heavy atom. The van der Waals surface area contributed by atoms with E-state index < -0.39 is 35.2 Å². The Labute approximate surface area is 233 Å². The van der Waals surface area contributed by atoms with Crippen molar-refractivity contribution in [2.45, 2.75) is 97.4 Å². The predicted molar refractivity (Wildman–Crippen MR) is 153 cm³/mol. The number of ether oxygens (including phenoxy) is 1. The number of benzene rings is 2. The van der Waals surface area contributed by atoms with Crippen LogP contribution in [0.3, 0.4) is 0 Å². The van der Waals surface area contributed by atoms with Gasteiger partial charge in [-0.15, -0.1) is 0 Å². The number of unbranched alkanes of at least 4 members (excludes halogenated alkanes) is 1. The van der Waals surface area contributed by atoms with Crippen LogP contribution in [0.25, 0.3) is 0 Å². The maximum absolute atomic E-state index is 14.5. The smallest absolute Gasteiger partial charge is 0.408 e. The average Bonchev–Trinajstić information content (AvgIpc) is 2.86. The second-order valence-electron chi connectivity index (χ2n) is 11.4. The van der Waals surface area contributed by atoms with Gasteiger partial charge in [-0.05, 0) is 70.7 Å². The summed E-state index contributed by atoms with van der Waals surface area (Å²) in [5.74, 6) is -0.662. The average molecular weight is 540 g/mol. The van der Waals surface area contributed by atoms with Gasteiger partial charge in [0.05, 0.1) is 0 Å². The minimum atomic E-state index is -0.990. The van der Waals surface area contributed by atoms with Crippen molar-refractivity contribution in [1.82, 2.24) is 15.5 Å². The zero-order valence-corrected chi connectivity index (χ0v) is 24.4. The molecule has 0 heterocycles. The van der Waals surface area contributed by atoms with Crippen LogP contribution >= 0.6 is 0 Å². The van der Waals surface area contributed by atoms with Gasteiger partial charge in [-0.25, -0.2) is 4.79 Å². The maximum atomic E-state index is 14.5. The summed E-state index contributed by atoms with van der Waals surface area (Å²) in [4.78, 5) is 42.7. The molecule has 0 aliphatic rings. The van der Waals surface area contributed by atoms with Crippen molar-refractivity contribution in [2.24, 2.45) is 0 Å². The summed E-state index contributed by atoms with van der Waals surface area (Å²) in [6, 6.07) is 13.8. The lowest BCUT2D eigenvalue weighted by atomic mass is 9.91. The van der Waals surface area contributed by atoms with E-state index in [1.807, 2.05) is 58.0 Å². The molecule has 0 aromatic heterocycles. The number of nitrogens with one attached hydrogen (secondary N) is 2. The van der Waals surface area contributed by atoms with Gasteiger partial charge in [-0.1, -0.05) is 62.7 Å². The monoisotopic (exact) mass is 539 g/mol. The lowest BCUT2D eigenvalue weighted by Gasteiger charge is -2.44. The van der Waals surface area contributed by atoms with Crippen LogP contribution in [0.1, 0.15) is 84.9 Å². The fourth-order valence-electron chi connectivity index (χ4n) is 4.17. The molecule has 0 saturated carbocycles. The van der Waals surface area contributed by atoms with Crippen molar-refractivity contribution >= 4 is 17.9 Å². The van der Waals surface area contributed by atoms with Crippen LogP contribution in [-0.2, 0) is 20.7 Å². The van der Waals surface area contributed by atoms with Crippen LogP contribution in [0.4, 0.5) is 4.79 Å². The second kappa shape index (κ2) is 14.0. The minimum Gasteiger partial charge on any atom is -0.508 e. The molecule has 0 aliphatic carbocycles. The standard InChI is InChI=1S/C31H45N3O5/c1-8-10-20-32-27(36)26(23-16-18-24(35)19-17-23)34(31(6,7)9-2)28(37)25(21-22-14-12-11-13-15-22)33-29(38)39-30(3,4)5/h11-19,25-26,35H,8-10,20-21H2,1-7H3,(H,32,36)(H,33,38). The number of rotatable bonds is 12. The molecule has 8 nitrogen and oxygen atoms in total. The molecular weight excluding hydrogens is 494 g/mol. The fourth-order valence-corrected chi connectivity index (χ4v) is 4.17. The topological polar surface area (TPSA) is 108 Å². The maximum Gasteiger partial charge on any atom is 0.408 e. The number of hydrogen-bond acceptors (Lipinski definition) is 5. The summed E-state index contributed by atoms with van der Waals surface area (Å²) < 4.78 is 5.49. The first-order valence-electron chi connectivity index (χ1n) is 13.7. The van der Waals surface area contributed by atoms with E-state index in [1.165, 1.54) is 12.1 Å². The number of alkyl carbamates (subject to hydrolysis) is 1. The molecule has 3 N–H and O–H groups in total. The largest absolute Gasteiger partial charge is 0.508 e. The molecule has 0 spiro atoms. The lowest BCUT2D eigenvalue weighted by Crippen LogP contribution is -2.59. The van der Waals surface area contributed by atoms with E-state index in [2.05, 4.69) is 10.6 Å². The Morgan fingerprint density at radius 2 is 1.56 bits per heavy atom. The summed E-state index contributed by atoms with van der Waals surface area (Å²) in [6.45, 7) is 13.6. The third-order valence-corrected chi connectivity index (χ3v) is 6.57. The van der Waals surface area contributed by atoms with Crippen LogP contribution in [0.2, 0.25) is 0 Å². The van der Waals surface area contributed by atoms with Gasteiger partial charge in [0.15, 0.2) is 0 Å². The van der Waals surface area contributed by atoms with E-state index in [4.69, 9.17) is 4.74 Å². The number of phenols is 1. The predicted octanol–water partition coefficient (Wildman–Crippen LogP) is 5.50. The summed E-state index contributed by atoms with van der Waals surface area (Å²) >= 11 is 0. The molecule has 2 aromatic rings. The highest BCUT2D eigenvalue weighted by Crippen LogP contribution is 2.33. The number of amides is 3. The number of phenolic OH excluding ortho intramolecular Hbond substituents is 1. The molecule has 3 amide bonds. The molecular formula is C31H45N3O5. The van der Waals surface area contributed by atoms with Crippen molar-refractivity contribution in [2.75, 3.05) is 6.54 Å². The van der Waals surface area contributed by atoms with E-state index in [0.29, 0.717) is 18.5 Å². The zero-order valence-electron chi connectivity index (χ0n) is 24.4. The van der Waals surface area contributed by atoms with Crippen LogP contribution in [0, 0.1) is 0 Å². The van der Waals surface area contributed by atoms with Gasteiger partial charge in [-0.2, -0.15) is 0 Å². The van der Waals surface area contributed by atoms with Gasteiger partial charge >= 0.3 is 6.09 Å². The molecule has 8 heteroatoms. The zero-order chi connectivity index (χ0) is 29.2. The van der Waals surface area contributed by atoms with E-state index in [0.717, 1.165) is 18.4 Å². The molecule has 0 saturated heterocycles. The van der Waals surface area contributed by atoms with Gasteiger partial charge < -0.3 is 25.4 Å². The third-order valence-electron chi connectivity index (χ3n) is 6.57. The van der Waals surface area contributed by atoms with Crippen LogP contribution in [0.15, 0.2) is 54.6 Å². The van der Waals surface area contributed by atoms with Crippen molar-refractivity contribution in [3.8, 4) is 5.75 Å². The number of nitrogens with zero attached hydrogens (tertiary/aromatic N) is 1. The molecule has 39 heavy (non-hydrogen) atoms. The second-order valence-corrected chi connectivity index (χ2v) is 11.4. The first-order valence-corrected chi connectivity index (χ1v) is 13.7. The molecule has 2 rings (SSSR count). The van der Waals surface area contributed by atoms with Crippen LogP contribution in [0.5, 0.6) is 5.75 Å². The van der Waals surface area contributed by atoms with Gasteiger partial charge in [-0.3, -0.25) is 9.59 Å². The Hall–Kier alpha value is -3.55. The number of aromatic hydroxyl groups is 1. The lowest BCUT2D eigenvalue weighted by molar-refractivity contribution is -0.149. The molecule has 0 radical (unpaired) electrons. The molecule has 2 aromatic carbocycles. The van der Waals surface area contributed by atoms with E-state index in [-0.39, 0.29) is 18.1 Å². The quantitative estimate of drug-likeness (QED) is 0.309. The normalized spacial score (nSPS) is 13.2. The van der Waals surface area contributed by atoms with Crippen molar-refractivity contribution in [1.29, 1.82) is 0 Å². The summed E-state index contributed by atoms with van der Waals surface area (Å²) in [7, 11) is 0. The molecule has 2 unspecified atom stereocenters. The van der Waals surface area contributed by atoms with Crippen LogP contribution < -0.4 is 10.6 Å². The highest BCUT2D eigenvalue weighted by molar-refractivity contribution is 5.93. The summed E-state index contributed by atoms with van der Waals surface area (Å²) in [6.07, 6.45) is 1.77. The minimum absolute atomic E-state index is 0.0602. The van der Waals surface area contributed by atoms with Crippen molar-refractivity contribution in [3.63, 3.8) is 0 Å². The molecule has 0 fully saturated rings. The molecule has 2 atom stereocenters. The Balaban J connectivity index is 2.60. The van der Waals surface area contributed by atoms with E-state index in [1.54, 1.807) is 37.8 Å². The number of carbonyl (C=O) groups is 3. The Bertz CT molecular complexity index is 1080. The van der Waals surface area contributed by atoms with Crippen molar-refractivity contribution in [3.05, 3.63) is 65.7 Å². The Kier molecular flexibility index (Phi) is 11.4. The summed E-state index contributed by atoms with van der Waals surface area (Å²) in [5.41, 5.74) is -0.0885. The van der Waals surface area contributed by atoms with Gasteiger partial charge in [0.1, 0.15) is 23.4 Å². The van der Waals surface area contributed by atoms with Crippen molar-refractivity contribution < 1.29 is 24.2 Å². The van der Waals surface area contributed by atoms with E-state index >= 15 is 0 Å².